The Morgan fingerprint density at radius 3 is 2.73 bits per heavy atom. The van der Waals surface area contributed by atoms with E-state index in [0.29, 0.717) is 5.02 Å². The van der Waals surface area contributed by atoms with Gasteiger partial charge in [0.1, 0.15) is 0 Å². The first-order valence-electron chi connectivity index (χ1n) is 4.71. The van der Waals surface area contributed by atoms with E-state index < -0.39 is 0 Å². The van der Waals surface area contributed by atoms with Crippen LogP contribution in [0.15, 0.2) is 30.5 Å². The SMILES string of the molecule is CNc1nc(C)cn1-c1ccccc1Cl. The summed E-state index contributed by atoms with van der Waals surface area (Å²) in [6, 6.07) is 7.70. The van der Waals surface area contributed by atoms with Gasteiger partial charge in [0.25, 0.3) is 0 Å². The molecule has 0 aliphatic carbocycles. The van der Waals surface area contributed by atoms with Crippen LogP contribution in [-0.4, -0.2) is 16.6 Å². The molecule has 0 aliphatic heterocycles. The lowest BCUT2D eigenvalue weighted by atomic mass is 10.3. The highest BCUT2D eigenvalue weighted by atomic mass is 35.5. The molecule has 0 radical (unpaired) electrons. The molecule has 0 saturated heterocycles. The Bertz CT molecular complexity index is 476. The van der Waals surface area contributed by atoms with Gasteiger partial charge >= 0.3 is 0 Å². The standard InChI is InChI=1S/C11H12ClN3/c1-8-7-15(11(13-2)14-8)10-6-4-3-5-9(10)12/h3-7H,1-2H3,(H,13,14). The lowest BCUT2D eigenvalue weighted by Gasteiger charge is -2.08. The Morgan fingerprint density at radius 2 is 2.07 bits per heavy atom. The number of nitrogens with zero attached hydrogens (tertiary/aromatic N) is 2. The highest BCUT2D eigenvalue weighted by Gasteiger charge is 2.07. The lowest BCUT2D eigenvalue weighted by Crippen LogP contribution is -2.00. The molecule has 0 aliphatic rings. The molecule has 1 heterocycles. The molecule has 0 amide bonds. The molecule has 0 fully saturated rings. The number of nitrogens with one attached hydrogen (secondary N) is 1. The molecule has 2 rings (SSSR count). The average Bonchev–Trinajstić information content (AvgIpc) is 2.60. The number of hydrogen-bond donors (Lipinski definition) is 1. The van der Waals surface area contributed by atoms with E-state index >= 15 is 0 Å². The van der Waals surface area contributed by atoms with E-state index in [4.69, 9.17) is 11.6 Å². The Labute approximate surface area is 93.7 Å². The molecule has 4 heteroatoms. The maximum absolute atomic E-state index is 6.12. The molecule has 1 N–H and O–H groups in total. The fourth-order valence-electron chi connectivity index (χ4n) is 1.50. The molecule has 78 valence electrons. The van der Waals surface area contributed by atoms with Crippen LogP contribution < -0.4 is 5.32 Å². The Kier molecular flexibility index (Phi) is 2.64. The minimum Gasteiger partial charge on any atom is -0.358 e. The van der Waals surface area contributed by atoms with Gasteiger partial charge < -0.3 is 5.32 Å². The van der Waals surface area contributed by atoms with Crippen molar-refractivity contribution in [3.63, 3.8) is 0 Å². The average molecular weight is 222 g/mol. The molecular formula is C11H12ClN3. The second-order valence-electron chi connectivity index (χ2n) is 3.28. The monoisotopic (exact) mass is 221 g/mol. The molecule has 15 heavy (non-hydrogen) atoms. The summed E-state index contributed by atoms with van der Waals surface area (Å²) in [5, 5.41) is 3.75. The van der Waals surface area contributed by atoms with Gasteiger partial charge in [-0.05, 0) is 19.1 Å². The van der Waals surface area contributed by atoms with E-state index in [2.05, 4.69) is 10.3 Å². The van der Waals surface area contributed by atoms with Crippen LogP contribution in [0, 0.1) is 6.92 Å². The number of halogens is 1. The van der Waals surface area contributed by atoms with Crippen LogP contribution in [0.4, 0.5) is 5.95 Å². The van der Waals surface area contributed by atoms with Crippen molar-refractivity contribution >= 4 is 17.5 Å². The van der Waals surface area contributed by atoms with Crippen molar-refractivity contribution in [3.05, 3.63) is 41.2 Å². The van der Waals surface area contributed by atoms with Gasteiger partial charge in [0.05, 0.1) is 16.4 Å². The summed E-state index contributed by atoms with van der Waals surface area (Å²) < 4.78 is 1.94. The number of rotatable bonds is 2. The highest BCUT2D eigenvalue weighted by molar-refractivity contribution is 6.32. The predicted octanol–water partition coefficient (Wildman–Crippen LogP) is 2.88. The smallest absolute Gasteiger partial charge is 0.207 e. The highest BCUT2D eigenvalue weighted by Crippen LogP contribution is 2.23. The summed E-state index contributed by atoms with van der Waals surface area (Å²) in [5.74, 6) is 0.792. The Morgan fingerprint density at radius 1 is 1.33 bits per heavy atom. The lowest BCUT2D eigenvalue weighted by molar-refractivity contribution is 1.05. The zero-order chi connectivity index (χ0) is 10.8. The van der Waals surface area contributed by atoms with Crippen molar-refractivity contribution in [1.82, 2.24) is 9.55 Å². The molecular weight excluding hydrogens is 210 g/mol. The van der Waals surface area contributed by atoms with Crippen molar-refractivity contribution in [2.24, 2.45) is 0 Å². The van der Waals surface area contributed by atoms with E-state index in [9.17, 15) is 0 Å². The fourth-order valence-corrected chi connectivity index (χ4v) is 1.73. The number of para-hydroxylation sites is 1. The van der Waals surface area contributed by atoms with E-state index in [-0.39, 0.29) is 0 Å². The van der Waals surface area contributed by atoms with E-state index in [1.807, 2.05) is 49.0 Å². The first-order valence-corrected chi connectivity index (χ1v) is 5.09. The van der Waals surface area contributed by atoms with Crippen LogP contribution >= 0.6 is 11.6 Å². The molecule has 1 aromatic carbocycles. The van der Waals surface area contributed by atoms with Crippen molar-refractivity contribution in [3.8, 4) is 5.69 Å². The normalized spacial score (nSPS) is 10.3. The second kappa shape index (κ2) is 3.95. The number of imidazole rings is 1. The summed E-state index contributed by atoms with van der Waals surface area (Å²) >= 11 is 6.12. The van der Waals surface area contributed by atoms with Gasteiger partial charge in [0.15, 0.2) is 0 Å². The molecule has 3 nitrogen and oxygen atoms in total. The van der Waals surface area contributed by atoms with Gasteiger partial charge in [0, 0.05) is 13.2 Å². The summed E-state index contributed by atoms with van der Waals surface area (Å²) in [5.41, 5.74) is 1.89. The molecule has 1 aromatic heterocycles. The third kappa shape index (κ3) is 1.83. The van der Waals surface area contributed by atoms with Gasteiger partial charge in [-0.25, -0.2) is 4.98 Å². The molecule has 0 atom stereocenters. The van der Waals surface area contributed by atoms with Crippen molar-refractivity contribution < 1.29 is 0 Å². The van der Waals surface area contributed by atoms with Crippen LogP contribution in [0.5, 0.6) is 0 Å². The quantitative estimate of drug-likeness (QED) is 0.845. The van der Waals surface area contributed by atoms with Gasteiger partial charge in [-0.3, -0.25) is 4.57 Å². The van der Waals surface area contributed by atoms with E-state index in [1.54, 1.807) is 0 Å². The number of benzene rings is 1. The second-order valence-corrected chi connectivity index (χ2v) is 3.68. The number of anilines is 1. The van der Waals surface area contributed by atoms with Crippen molar-refractivity contribution in [2.75, 3.05) is 12.4 Å². The first-order chi connectivity index (χ1) is 7.22. The van der Waals surface area contributed by atoms with Gasteiger partial charge in [-0.2, -0.15) is 0 Å². The molecule has 0 bridgehead atoms. The number of hydrogen-bond acceptors (Lipinski definition) is 2. The first kappa shape index (κ1) is 10.1. The zero-order valence-electron chi connectivity index (χ0n) is 8.66. The van der Waals surface area contributed by atoms with Crippen LogP contribution in [-0.2, 0) is 0 Å². The number of aromatic nitrogens is 2. The van der Waals surface area contributed by atoms with Crippen molar-refractivity contribution in [1.29, 1.82) is 0 Å². The number of aryl methyl sites for hydroxylation is 1. The van der Waals surface area contributed by atoms with Crippen LogP contribution in [0.3, 0.4) is 0 Å². The minimum atomic E-state index is 0.714. The van der Waals surface area contributed by atoms with Gasteiger partial charge in [-0.1, -0.05) is 23.7 Å². The maximum atomic E-state index is 6.12. The Balaban J connectivity index is 2.58. The molecule has 2 aromatic rings. The minimum absolute atomic E-state index is 0.714. The molecule has 0 spiro atoms. The predicted molar refractivity (Wildman–Crippen MR) is 62.9 cm³/mol. The molecule has 0 saturated carbocycles. The third-order valence-electron chi connectivity index (χ3n) is 2.16. The van der Waals surface area contributed by atoms with Crippen LogP contribution in [0.2, 0.25) is 5.02 Å². The van der Waals surface area contributed by atoms with E-state index in [1.165, 1.54) is 0 Å². The Hall–Kier alpha value is -1.48. The molecule has 0 unspecified atom stereocenters. The maximum Gasteiger partial charge on any atom is 0.207 e. The van der Waals surface area contributed by atoms with Crippen LogP contribution in [0.25, 0.3) is 5.69 Å². The largest absolute Gasteiger partial charge is 0.358 e. The topological polar surface area (TPSA) is 29.9 Å². The van der Waals surface area contributed by atoms with E-state index in [0.717, 1.165) is 17.3 Å². The van der Waals surface area contributed by atoms with Crippen molar-refractivity contribution in [2.45, 2.75) is 6.92 Å². The van der Waals surface area contributed by atoms with Gasteiger partial charge in [-0.15, -0.1) is 0 Å². The summed E-state index contributed by atoms with van der Waals surface area (Å²) in [6.07, 6.45) is 1.95. The zero-order valence-corrected chi connectivity index (χ0v) is 9.42. The third-order valence-corrected chi connectivity index (χ3v) is 2.48. The van der Waals surface area contributed by atoms with Gasteiger partial charge in [0.2, 0.25) is 5.95 Å². The summed E-state index contributed by atoms with van der Waals surface area (Å²) in [7, 11) is 1.84. The summed E-state index contributed by atoms with van der Waals surface area (Å²) in [4.78, 5) is 4.34. The summed E-state index contributed by atoms with van der Waals surface area (Å²) in [6.45, 7) is 1.95. The van der Waals surface area contributed by atoms with Crippen LogP contribution in [0.1, 0.15) is 5.69 Å². The fraction of sp³-hybridized carbons (Fsp3) is 0.182.